The highest BCUT2D eigenvalue weighted by Gasteiger charge is 2.18. The fourth-order valence-electron chi connectivity index (χ4n) is 3.20. The van der Waals surface area contributed by atoms with E-state index < -0.39 is 0 Å². The van der Waals surface area contributed by atoms with Gasteiger partial charge in [0.25, 0.3) is 5.78 Å². The van der Waals surface area contributed by atoms with Gasteiger partial charge >= 0.3 is 0 Å². The lowest BCUT2D eigenvalue weighted by Gasteiger charge is -2.06. The number of benzene rings is 1. The van der Waals surface area contributed by atoms with E-state index in [0.717, 1.165) is 33.8 Å². The van der Waals surface area contributed by atoms with Crippen molar-refractivity contribution in [2.75, 3.05) is 5.32 Å². The van der Waals surface area contributed by atoms with Crippen LogP contribution in [0, 0.1) is 0 Å². The first-order valence-corrected chi connectivity index (χ1v) is 8.88. The van der Waals surface area contributed by atoms with E-state index in [1.165, 1.54) is 6.92 Å². The zero-order chi connectivity index (χ0) is 19.8. The molecule has 0 spiro atoms. The third kappa shape index (κ3) is 3.06. The minimum Gasteiger partial charge on any atom is -0.472 e. The number of carbonyl (C=O) groups is 1. The number of amides is 1. The van der Waals surface area contributed by atoms with Crippen molar-refractivity contribution in [3.63, 3.8) is 0 Å². The number of fused-ring (bicyclic) bond motifs is 1. The predicted octanol–water partition coefficient (Wildman–Crippen LogP) is 4.27. The van der Waals surface area contributed by atoms with Crippen LogP contribution in [-0.2, 0) is 4.79 Å². The van der Waals surface area contributed by atoms with Crippen molar-refractivity contribution in [3.8, 4) is 33.8 Å². The molecule has 1 aromatic carbocycles. The summed E-state index contributed by atoms with van der Waals surface area (Å²) >= 11 is 0. The van der Waals surface area contributed by atoms with E-state index in [1.54, 1.807) is 25.1 Å². The lowest BCUT2D eigenvalue weighted by Crippen LogP contribution is -2.05. The standard InChI is InChI=1S/C21H15N5O3/c1-13(27)22-17-4-2-14(3-5-17)18-10-26-20(16-7-9-29-12-16)19(15-6-8-28-11-15)24-25-21(26)23-18/h2-12H,1H3,(H,22,27). The zero-order valence-electron chi connectivity index (χ0n) is 15.4. The van der Waals surface area contributed by atoms with Crippen LogP contribution in [0.4, 0.5) is 5.69 Å². The molecule has 0 atom stereocenters. The number of nitrogens with one attached hydrogen (secondary N) is 1. The monoisotopic (exact) mass is 385 g/mol. The molecule has 0 bridgehead atoms. The quantitative estimate of drug-likeness (QED) is 0.496. The van der Waals surface area contributed by atoms with E-state index in [2.05, 4.69) is 20.5 Å². The molecule has 0 aliphatic heterocycles. The van der Waals surface area contributed by atoms with Crippen LogP contribution in [0.1, 0.15) is 6.92 Å². The molecule has 4 heterocycles. The third-order valence-corrected chi connectivity index (χ3v) is 4.48. The number of nitrogens with zero attached hydrogens (tertiary/aromatic N) is 4. The maximum atomic E-state index is 11.2. The summed E-state index contributed by atoms with van der Waals surface area (Å²) in [7, 11) is 0. The van der Waals surface area contributed by atoms with Crippen LogP contribution < -0.4 is 5.32 Å². The summed E-state index contributed by atoms with van der Waals surface area (Å²) in [5, 5.41) is 11.4. The van der Waals surface area contributed by atoms with Crippen molar-refractivity contribution in [2.45, 2.75) is 6.92 Å². The van der Waals surface area contributed by atoms with Gasteiger partial charge in [-0.05, 0) is 24.3 Å². The molecule has 8 heteroatoms. The van der Waals surface area contributed by atoms with E-state index in [9.17, 15) is 4.79 Å². The van der Waals surface area contributed by atoms with Gasteiger partial charge < -0.3 is 14.2 Å². The van der Waals surface area contributed by atoms with Crippen molar-refractivity contribution in [2.24, 2.45) is 0 Å². The third-order valence-electron chi connectivity index (χ3n) is 4.48. The van der Waals surface area contributed by atoms with Gasteiger partial charge in [-0.2, -0.15) is 0 Å². The largest absolute Gasteiger partial charge is 0.472 e. The number of carbonyl (C=O) groups excluding carboxylic acids is 1. The Kier molecular flexibility index (Phi) is 3.94. The molecule has 0 saturated heterocycles. The second kappa shape index (κ2) is 6.75. The van der Waals surface area contributed by atoms with Gasteiger partial charge in [-0.1, -0.05) is 12.1 Å². The Bertz CT molecular complexity index is 1290. The van der Waals surface area contributed by atoms with Crippen molar-refractivity contribution in [1.82, 2.24) is 19.6 Å². The van der Waals surface area contributed by atoms with Gasteiger partial charge in [0.05, 0.1) is 36.4 Å². The molecule has 0 aliphatic rings. The Hall–Kier alpha value is -4.20. The molecule has 0 radical (unpaired) electrons. The van der Waals surface area contributed by atoms with Crippen LogP contribution >= 0.6 is 0 Å². The van der Waals surface area contributed by atoms with E-state index in [4.69, 9.17) is 8.83 Å². The fraction of sp³-hybridized carbons (Fsp3) is 0.0476. The summed E-state index contributed by atoms with van der Waals surface area (Å²) < 4.78 is 12.4. The number of aromatic nitrogens is 4. The molecule has 1 amide bonds. The van der Waals surface area contributed by atoms with Crippen LogP contribution in [0.3, 0.4) is 0 Å². The maximum absolute atomic E-state index is 11.2. The Morgan fingerprint density at radius 3 is 2.31 bits per heavy atom. The van der Waals surface area contributed by atoms with E-state index in [-0.39, 0.29) is 5.91 Å². The summed E-state index contributed by atoms with van der Waals surface area (Å²) in [6, 6.07) is 11.2. The average Bonchev–Trinajstić information content (AvgIpc) is 3.48. The summed E-state index contributed by atoms with van der Waals surface area (Å²) in [5.74, 6) is 0.353. The molecule has 5 aromatic rings. The normalized spacial score (nSPS) is 11.1. The molecule has 142 valence electrons. The molecule has 29 heavy (non-hydrogen) atoms. The minimum absolute atomic E-state index is 0.114. The first kappa shape index (κ1) is 16.9. The first-order chi connectivity index (χ1) is 14.2. The van der Waals surface area contributed by atoms with E-state index in [1.807, 2.05) is 47.0 Å². The summed E-state index contributed by atoms with van der Waals surface area (Å²) in [6.45, 7) is 1.48. The smallest absolute Gasteiger partial charge is 0.254 e. The highest BCUT2D eigenvalue weighted by molar-refractivity contribution is 5.89. The summed E-state index contributed by atoms with van der Waals surface area (Å²) in [5.41, 5.74) is 5.49. The van der Waals surface area contributed by atoms with Gasteiger partial charge in [0.15, 0.2) is 0 Å². The molecule has 0 saturated carbocycles. The molecule has 0 unspecified atom stereocenters. The van der Waals surface area contributed by atoms with Crippen LogP contribution in [0.15, 0.2) is 76.5 Å². The predicted molar refractivity (Wildman–Crippen MR) is 106 cm³/mol. The number of imidazole rings is 1. The second-order valence-corrected chi connectivity index (χ2v) is 6.48. The fourth-order valence-corrected chi connectivity index (χ4v) is 3.20. The van der Waals surface area contributed by atoms with Crippen LogP contribution in [0.25, 0.3) is 39.5 Å². The second-order valence-electron chi connectivity index (χ2n) is 6.48. The van der Waals surface area contributed by atoms with E-state index in [0.29, 0.717) is 11.5 Å². The van der Waals surface area contributed by atoms with Crippen molar-refractivity contribution >= 4 is 17.4 Å². The summed E-state index contributed by atoms with van der Waals surface area (Å²) in [4.78, 5) is 15.8. The number of furan rings is 2. The molecule has 0 aliphatic carbocycles. The molecule has 8 nitrogen and oxygen atoms in total. The molecule has 1 N–H and O–H groups in total. The topological polar surface area (TPSA) is 98.5 Å². The van der Waals surface area contributed by atoms with E-state index >= 15 is 0 Å². The molecular weight excluding hydrogens is 370 g/mol. The van der Waals surface area contributed by atoms with Crippen LogP contribution in [0.5, 0.6) is 0 Å². The van der Waals surface area contributed by atoms with Gasteiger partial charge in [0.2, 0.25) is 5.91 Å². The lowest BCUT2D eigenvalue weighted by atomic mass is 10.1. The van der Waals surface area contributed by atoms with Gasteiger partial charge in [0.1, 0.15) is 5.69 Å². The average molecular weight is 385 g/mol. The lowest BCUT2D eigenvalue weighted by molar-refractivity contribution is -0.114. The molecular formula is C21H15N5O3. The SMILES string of the molecule is CC(=O)Nc1ccc(-c2cn3c(-c4ccoc4)c(-c4ccoc4)nnc3n2)cc1. The van der Waals surface area contributed by atoms with Gasteiger partial charge in [-0.15, -0.1) is 10.2 Å². The Morgan fingerprint density at radius 1 is 0.931 bits per heavy atom. The molecule has 4 aromatic heterocycles. The Balaban J connectivity index is 1.65. The molecule has 0 fully saturated rings. The van der Waals surface area contributed by atoms with Crippen molar-refractivity contribution in [3.05, 3.63) is 67.6 Å². The van der Waals surface area contributed by atoms with Crippen LogP contribution in [0.2, 0.25) is 0 Å². The van der Waals surface area contributed by atoms with Gasteiger partial charge in [-0.3, -0.25) is 9.20 Å². The van der Waals surface area contributed by atoms with Gasteiger partial charge in [0, 0.05) is 35.5 Å². The maximum Gasteiger partial charge on any atom is 0.254 e. The highest BCUT2D eigenvalue weighted by atomic mass is 16.3. The van der Waals surface area contributed by atoms with Crippen molar-refractivity contribution in [1.29, 1.82) is 0 Å². The number of anilines is 1. The molecule has 5 rings (SSSR count). The number of hydrogen-bond donors (Lipinski definition) is 1. The Morgan fingerprint density at radius 2 is 1.66 bits per heavy atom. The highest BCUT2D eigenvalue weighted by Crippen LogP contribution is 2.32. The summed E-state index contributed by atoms with van der Waals surface area (Å²) in [6.07, 6.45) is 8.39. The Labute approximate surface area is 164 Å². The van der Waals surface area contributed by atoms with Gasteiger partial charge in [-0.25, -0.2) is 4.98 Å². The zero-order valence-corrected chi connectivity index (χ0v) is 15.4. The minimum atomic E-state index is -0.114. The number of rotatable bonds is 4. The first-order valence-electron chi connectivity index (χ1n) is 8.88. The van der Waals surface area contributed by atoms with Crippen LogP contribution in [-0.4, -0.2) is 25.5 Å². The number of hydrogen-bond acceptors (Lipinski definition) is 6. The van der Waals surface area contributed by atoms with Crippen molar-refractivity contribution < 1.29 is 13.6 Å².